The standard InChI is InChI=1S/C21H25FN4O3/c1-21(2,3)29-20(27)25-9-6-16(7-10-25)19-8-11-26(24-19)28-14-17-5-4-15(13-23)12-18(17)22/h4-5,8,11-12,16H,6-7,9-10,14H2,1-3H3. The van der Waals surface area contributed by atoms with E-state index in [1.54, 1.807) is 17.2 Å². The maximum atomic E-state index is 13.9. The van der Waals surface area contributed by atoms with Crippen LogP contribution in [0, 0.1) is 17.1 Å². The van der Waals surface area contributed by atoms with Gasteiger partial charge in [0.25, 0.3) is 0 Å². The molecule has 7 nitrogen and oxygen atoms in total. The van der Waals surface area contributed by atoms with E-state index >= 15 is 0 Å². The number of hydrogen-bond acceptors (Lipinski definition) is 5. The first-order valence-corrected chi connectivity index (χ1v) is 9.60. The van der Waals surface area contributed by atoms with Gasteiger partial charge in [-0.2, -0.15) is 5.26 Å². The zero-order chi connectivity index (χ0) is 21.0. The molecule has 0 spiro atoms. The maximum absolute atomic E-state index is 13.9. The van der Waals surface area contributed by atoms with E-state index in [0.717, 1.165) is 18.5 Å². The number of aromatic nitrogens is 2. The number of halogens is 1. The molecule has 8 heteroatoms. The van der Waals surface area contributed by atoms with Gasteiger partial charge in [0.2, 0.25) is 0 Å². The molecular weight excluding hydrogens is 375 g/mol. The second-order valence-corrected chi connectivity index (χ2v) is 8.08. The molecule has 1 aromatic carbocycles. The Kier molecular flexibility index (Phi) is 6.06. The Hall–Kier alpha value is -3.08. The van der Waals surface area contributed by atoms with E-state index in [4.69, 9.17) is 14.8 Å². The van der Waals surface area contributed by atoms with Crippen molar-refractivity contribution in [2.45, 2.75) is 51.7 Å². The predicted molar refractivity (Wildman–Crippen MR) is 103 cm³/mol. The lowest BCUT2D eigenvalue weighted by Gasteiger charge is -2.32. The van der Waals surface area contributed by atoms with Crippen LogP contribution in [0.3, 0.4) is 0 Å². The summed E-state index contributed by atoms with van der Waals surface area (Å²) in [6.07, 6.45) is 2.99. The van der Waals surface area contributed by atoms with Crippen LogP contribution in [0.1, 0.15) is 56.4 Å². The summed E-state index contributed by atoms with van der Waals surface area (Å²) < 4.78 is 19.4. The van der Waals surface area contributed by atoms with Gasteiger partial charge >= 0.3 is 6.09 Å². The number of carbonyl (C=O) groups excluding carboxylic acids is 1. The minimum atomic E-state index is -0.502. The van der Waals surface area contributed by atoms with Crippen LogP contribution in [0.2, 0.25) is 0 Å². The van der Waals surface area contributed by atoms with Crippen LogP contribution in [0.25, 0.3) is 0 Å². The minimum Gasteiger partial charge on any atom is -0.444 e. The van der Waals surface area contributed by atoms with Crippen LogP contribution in [-0.4, -0.2) is 39.6 Å². The third-order valence-corrected chi connectivity index (χ3v) is 4.69. The molecule has 1 aliphatic rings. The van der Waals surface area contributed by atoms with Gasteiger partial charge in [-0.05, 0) is 51.8 Å². The highest BCUT2D eigenvalue weighted by Gasteiger charge is 2.28. The Morgan fingerprint density at radius 2 is 2.03 bits per heavy atom. The van der Waals surface area contributed by atoms with Crippen molar-refractivity contribution in [1.82, 2.24) is 14.8 Å². The number of rotatable bonds is 4. The van der Waals surface area contributed by atoms with Crippen LogP contribution in [0.4, 0.5) is 9.18 Å². The molecular formula is C21H25FN4O3. The van der Waals surface area contributed by atoms with E-state index in [0.29, 0.717) is 18.7 Å². The van der Waals surface area contributed by atoms with Crippen LogP contribution in [-0.2, 0) is 11.3 Å². The molecule has 0 bridgehead atoms. The highest BCUT2D eigenvalue weighted by atomic mass is 19.1. The Morgan fingerprint density at radius 3 is 2.66 bits per heavy atom. The largest absolute Gasteiger partial charge is 0.444 e. The SMILES string of the molecule is CC(C)(C)OC(=O)N1CCC(c2ccn(OCc3ccc(C#N)cc3F)n2)CC1. The molecule has 1 fully saturated rings. The average molecular weight is 400 g/mol. The minimum absolute atomic E-state index is 0.00967. The van der Waals surface area contributed by atoms with Crippen molar-refractivity contribution >= 4 is 6.09 Å². The smallest absolute Gasteiger partial charge is 0.410 e. The molecule has 2 aromatic rings. The Bertz CT molecular complexity index is 905. The molecule has 3 rings (SSSR count). The fourth-order valence-electron chi connectivity index (χ4n) is 3.16. The van der Waals surface area contributed by atoms with Crippen LogP contribution in [0.5, 0.6) is 0 Å². The number of piperidine rings is 1. The highest BCUT2D eigenvalue weighted by Crippen LogP contribution is 2.27. The van der Waals surface area contributed by atoms with Gasteiger partial charge in [0.15, 0.2) is 0 Å². The molecule has 0 N–H and O–H groups in total. The molecule has 1 amide bonds. The van der Waals surface area contributed by atoms with E-state index in [1.807, 2.05) is 32.9 Å². The third kappa shape index (κ3) is 5.47. The second kappa shape index (κ2) is 8.52. The topological polar surface area (TPSA) is 80.4 Å². The first-order valence-electron chi connectivity index (χ1n) is 9.60. The summed E-state index contributed by atoms with van der Waals surface area (Å²) in [6.45, 7) is 6.80. The van der Waals surface area contributed by atoms with Crippen LogP contribution in [0.15, 0.2) is 30.5 Å². The summed E-state index contributed by atoms with van der Waals surface area (Å²) >= 11 is 0. The van der Waals surface area contributed by atoms with Gasteiger partial charge in [-0.25, -0.2) is 9.18 Å². The van der Waals surface area contributed by atoms with Crippen molar-refractivity contribution in [1.29, 1.82) is 5.26 Å². The van der Waals surface area contributed by atoms with Gasteiger partial charge in [0.05, 0.1) is 23.5 Å². The van der Waals surface area contributed by atoms with Crippen molar-refractivity contribution < 1.29 is 18.8 Å². The highest BCUT2D eigenvalue weighted by molar-refractivity contribution is 5.68. The quantitative estimate of drug-likeness (QED) is 0.783. The molecule has 1 saturated heterocycles. The molecule has 1 aromatic heterocycles. The predicted octanol–water partition coefficient (Wildman–Crippen LogP) is 3.64. The monoisotopic (exact) mass is 400 g/mol. The number of nitriles is 1. The average Bonchev–Trinajstić information content (AvgIpc) is 3.15. The molecule has 0 atom stereocenters. The Labute approximate surface area is 169 Å². The van der Waals surface area contributed by atoms with E-state index in [-0.39, 0.29) is 24.2 Å². The van der Waals surface area contributed by atoms with Crippen molar-refractivity contribution in [3.63, 3.8) is 0 Å². The zero-order valence-corrected chi connectivity index (χ0v) is 16.9. The number of hydrogen-bond donors (Lipinski definition) is 0. The lowest BCUT2D eigenvalue weighted by molar-refractivity contribution is 0.0202. The number of nitrogens with zero attached hydrogens (tertiary/aromatic N) is 4. The fourth-order valence-corrected chi connectivity index (χ4v) is 3.16. The van der Waals surface area contributed by atoms with E-state index in [2.05, 4.69) is 5.10 Å². The summed E-state index contributed by atoms with van der Waals surface area (Å²) in [6, 6.07) is 8.05. The fraction of sp³-hybridized carbons (Fsp3) is 0.476. The number of ether oxygens (including phenoxy) is 1. The van der Waals surface area contributed by atoms with Crippen molar-refractivity contribution in [2.75, 3.05) is 13.1 Å². The van der Waals surface area contributed by atoms with Crippen molar-refractivity contribution in [3.05, 3.63) is 53.1 Å². The first-order chi connectivity index (χ1) is 13.7. The number of likely N-dealkylation sites (tertiary alicyclic amines) is 1. The molecule has 0 radical (unpaired) electrons. The molecule has 0 saturated carbocycles. The summed E-state index contributed by atoms with van der Waals surface area (Å²) in [5.41, 5.74) is 1.00. The maximum Gasteiger partial charge on any atom is 0.410 e. The van der Waals surface area contributed by atoms with Gasteiger partial charge in [0.1, 0.15) is 18.0 Å². The van der Waals surface area contributed by atoms with Crippen LogP contribution >= 0.6 is 0 Å². The van der Waals surface area contributed by atoms with Gasteiger partial charge in [-0.3, -0.25) is 0 Å². The molecule has 29 heavy (non-hydrogen) atoms. The summed E-state index contributed by atoms with van der Waals surface area (Å²) in [4.78, 5) is 20.7. The van der Waals surface area contributed by atoms with Gasteiger partial charge < -0.3 is 14.5 Å². The molecule has 2 heterocycles. The second-order valence-electron chi connectivity index (χ2n) is 8.08. The Morgan fingerprint density at radius 1 is 1.31 bits per heavy atom. The van der Waals surface area contributed by atoms with Gasteiger partial charge in [0, 0.05) is 24.6 Å². The van der Waals surface area contributed by atoms with E-state index in [9.17, 15) is 9.18 Å². The van der Waals surface area contributed by atoms with Gasteiger partial charge in [-0.1, -0.05) is 6.07 Å². The third-order valence-electron chi connectivity index (χ3n) is 4.69. The number of carbonyl (C=O) groups is 1. The van der Waals surface area contributed by atoms with E-state index < -0.39 is 11.4 Å². The molecule has 0 aliphatic carbocycles. The first kappa shape index (κ1) is 20.6. The number of amides is 1. The van der Waals surface area contributed by atoms with Crippen molar-refractivity contribution in [2.24, 2.45) is 0 Å². The van der Waals surface area contributed by atoms with Crippen LogP contribution < -0.4 is 4.84 Å². The molecule has 154 valence electrons. The molecule has 0 unspecified atom stereocenters. The number of benzene rings is 1. The van der Waals surface area contributed by atoms with Crippen molar-refractivity contribution in [3.8, 4) is 6.07 Å². The summed E-state index contributed by atoms with van der Waals surface area (Å²) in [5, 5.41) is 13.2. The lowest BCUT2D eigenvalue weighted by atomic mass is 9.94. The normalized spacial score (nSPS) is 15.1. The zero-order valence-electron chi connectivity index (χ0n) is 16.9. The lowest BCUT2D eigenvalue weighted by Crippen LogP contribution is -2.41. The Balaban J connectivity index is 1.52. The van der Waals surface area contributed by atoms with Gasteiger partial charge in [-0.15, -0.1) is 9.94 Å². The molecule has 1 aliphatic heterocycles. The summed E-state index contributed by atoms with van der Waals surface area (Å²) in [7, 11) is 0. The van der Waals surface area contributed by atoms with E-state index in [1.165, 1.54) is 17.0 Å². The summed E-state index contributed by atoms with van der Waals surface area (Å²) in [5.74, 6) is -0.254.